The van der Waals surface area contributed by atoms with Crippen LogP contribution in [-0.4, -0.2) is 31.6 Å². The molecule has 2 N–H and O–H groups in total. The molecule has 0 atom stereocenters. The molecule has 21 heavy (non-hydrogen) atoms. The van der Waals surface area contributed by atoms with Crippen LogP contribution >= 0.6 is 0 Å². The van der Waals surface area contributed by atoms with Gasteiger partial charge < -0.3 is 10.6 Å². The zero-order valence-corrected chi connectivity index (χ0v) is 11.5. The molecule has 0 aliphatic rings. The van der Waals surface area contributed by atoms with E-state index in [1.165, 1.54) is 6.20 Å². The minimum absolute atomic E-state index is 0.152. The topological polar surface area (TPSA) is 119 Å². The lowest BCUT2D eigenvalue weighted by atomic mass is 10.4. The molecule has 2 aromatic rings. The molecule has 110 valence electrons. The third kappa shape index (κ3) is 4.06. The van der Waals surface area contributed by atoms with Crippen LogP contribution in [0.5, 0.6) is 0 Å². The van der Waals surface area contributed by atoms with Gasteiger partial charge in [-0.1, -0.05) is 6.92 Å². The van der Waals surface area contributed by atoms with Gasteiger partial charge in [-0.05, 0) is 18.6 Å². The molecule has 2 heterocycles. The summed E-state index contributed by atoms with van der Waals surface area (Å²) in [6.45, 7) is 2.99. The zero-order chi connectivity index (χ0) is 15.1. The summed E-state index contributed by atoms with van der Waals surface area (Å²) >= 11 is 0. The first-order chi connectivity index (χ1) is 10.2. The summed E-state index contributed by atoms with van der Waals surface area (Å²) in [7, 11) is 0. The first-order valence-electron chi connectivity index (χ1n) is 6.46. The molecular formula is C12H15N7O2. The van der Waals surface area contributed by atoms with E-state index in [1.807, 2.05) is 6.92 Å². The van der Waals surface area contributed by atoms with E-state index in [-0.39, 0.29) is 11.5 Å². The van der Waals surface area contributed by atoms with Crippen LogP contribution in [0.15, 0.2) is 24.5 Å². The van der Waals surface area contributed by atoms with Crippen LogP contribution < -0.4 is 10.6 Å². The number of hydrogen-bond donors (Lipinski definition) is 2. The van der Waals surface area contributed by atoms with Crippen molar-refractivity contribution in [2.24, 2.45) is 0 Å². The van der Waals surface area contributed by atoms with Gasteiger partial charge in [-0.3, -0.25) is 10.1 Å². The van der Waals surface area contributed by atoms with Crippen LogP contribution in [-0.2, 0) is 6.54 Å². The van der Waals surface area contributed by atoms with Crippen molar-refractivity contribution in [1.29, 1.82) is 0 Å². The predicted molar refractivity (Wildman–Crippen MR) is 76.8 cm³/mol. The summed E-state index contributed by atoms with van der Waals surface area (Å²) < 4.78 is 0. The molecule has 9 nitrogen and oxygen atoms in total. The number of nitrogens with zero attached hydrogens (tertiary/aromatic N) is 5. The Morgan fingerprint density at radius 2 is 2.24 bits per heavy atom. The van der Waals surface area contributed by atoms with Gasteiger partial charge in [0.15, 0.2) is 0 Å². The van der Waals surface area contributed by atoms with E-state index < -0.39 is 4.92 Å². The van der Waals surface area contributed by atoms with Crippen LogP contribution in [0.25, 0.3) is 0 Å². The Balaban J connectivity index is 2.16. The monoisotopic (exact) mass is 289 g/mol. The van der Waals surface area contributed by atoms with Gasteiger partial charge in [0.2, 0.25) is 11.8 Å². The molecule has 0 spiro atoms. The first-order valence-corrected chi connectivity index (χ1v) is 6.46. The van der Waals surface area contributed by atoms with Crippen molar-refractivity contribution in [2.45, 2.75) is 19.9 Å². The lowest BCUT2D eigenvalue weighted by Gasteiger charge is -2.08. The Bertz CT molecular complexity index is 606. The summed E-state index contributed by atoms with van der Waals surface area (Å²) in [6.07, 6.45) is 3.65. The number of nitrogens with one attached hydrogen (secondary N) is 2. The molecule has 0 saturated heterocycles. The van der Waals surface area contributed by atoms with Crippen molar-refractivity contribution in [3.8, 4) is 0 Å². The van der Waals surface area contributed by atoms with E-state index in [0.717, 1.165) is 6.42 Å². The van der Waals surface area contributed by atoms with Crippen molar-refractivity contribution in [3.05, 3.63) is 40.3 Å². The summed E-state index contributed by atoms with van der Waals surface area (Å²) in [5.41, 5.74) is 0.481. The highest BCUT2D eigenvalue weighted by molar-refractivity contribution is 5.56. The molecule has 0 unspecified atom stereocenters. The van der Waals surface area contributed by atoms with Gasteiger partial charge in [0.25, 0.3) is 0 Å². The summed E-state index contributed by atoms with van der Waals surface area (Å²) in [6, 6.07) is 3.51. The second kappa shape index (κ2) is 7.08. The SMILES string of the molecule is CCCNc1ncc([N+](=O)[O-])c(NCc2cccnn2)n1. The molecule has 0 aliphatic carbocycles. The van der Waals surface area contributed by atoms with E-state index in [1.54, 1.807) is 18.3 Å². The molecule has 2 aromatic heterocycles. The van der Waals surface area contributed by atoms with Crippen LogP contribution in [0.4, 0.5) is 17.5 Å². The molecule has 0 radical (unpaired) electrons. The van der Waals surface area contributed by atoms with Crippen molar-refractivity contribution in [1.82, 2.24) is 20.2 Å². The number of aromatic nitrogens is 4. The quantitative estimate of drug-likeness (QED) is 0.582. The lowest BCUT2D eigenvalue weighted by molar-refractivity contribution is -0.384. The minimum atomic E-state index is -0.525. The van der Waals surface area contributed by atoms with Gasteiger partial charge >= 0.3 is 5.69 Å². The molecule has 0 saturated carbocycles. The largest absolute Gasteiger partial charge is 0.358 e. The number of hydrogen-bond acceptors (Lipinski definition) is 8. The van der Waals surface area contributed by atoms with E-state index in [4.69, 9.17) is 0 Å². The van der Waals surface area contributed by atoms with Crippen LogP contribution in [0, 0.1) is 10.1 Å². The van der Waals surface area contributed by atoms with Gasteiger partial charge in [-0.2, -0.15) is 15.2 Å². The summed E-state index contributed by atoms with van der Waals surface area (Å²) in [4.78, 5) is 18.5. The highest BCUT2D eigenvalue weighted by atomic mass is 16.6. The smallest absolute Gasteiger partial charge is 0.329 e. The van der Waals surface area contributed by atoms with Gasteiger partial charge in [0, 0.05) is 12.7 Å². The molecule has 9 heteroatoms. The molecular weight excluding hydrogens is 274 g/mol. The molecule has 0 bridgehead atoms. The maximum Gasteiger partial charge on any atom is 0.329 e. The Kier molecular flexibility index (Phi) is 4.91. The van der Waals surface area contributed by atoms with E-state index in [2.05, 4.69) is 30.8 Å². The Morgan fingerprint density at radius 3 is 2.90 bits per heavy atom. The first kappa shape index (κ1) is 14.6. The van der Waals surface area contributed by atoms with Crippen LogP contribution in [0.2, 0.25) is 0 Å². The Hall–Kier alpha value is -2.84. The van der Waals surface area contributed by atoms with E-state index in [9.17, 15) is 10.1 Å². The Morgan fingerprint density at radius 1 is 1.38 bits per heavy atom. The standard InChI is InChI=1S/C12H15N7O2/c1-2-5-13-12-15-8-10(19(20)21)11(17-12)14-7-9-4-3-6-16-18-9/h3-4,6,8H,2,5,7H2,1H3,(H2,13,14,15,17). The molecule has 0 fully saturated rings. The molecule has 0 aliphatic heterocycles. The normalized spacial score (nSPS) is 10.1. The highest BCUT2D eigenvalue weighted by Crippen LogP contribution is 2.22. The number of rotatable bonds is 7. The predicted octanol–water partition coefficient (Wildman–Crippen LogP) is 1.61. The van der Waals surface area contributed by atoms with E-state index >= 15 is 0 Å². The Labute approximate surface area is 121 Å². The second-order valence-corrected chi connectivity index (χ2v) is 4.18. The van der Waals surface area contributed by atoms with Crippen molar-refractivity contribution < 1.29 is 4.92 Å². The average molecular weight is 289 g/mol. The fourth-order valence-electron chi connectivity index (χ4n) is 1.56. The van der Waals surface area contributed by atoms with Gasteiger partial charge in [0.1, 0.15) is 6.20 Å². The van der Waals surface area contributed by atoms with Gasteiger partial charge in [0.05, 0.1) is 17.2 Å². The highest BCUT2D eigenvalue weighted by Gasteiger charge is 2.17. The van der Waals surface area contributed by atoms with Crippen LogP contribution in [0.3, 0.4) is 0 Å². The molecule has 0 aromatic carbocycles. The van der Waals surface area contributed by atoms with Gasteiger partial charge in [-0.25, -0.2) is 4.98 Å². The third-order valence-corrected chi connectivity index (χ3v) is 2.56. The number of anilines is 2. The lowest BCUT2D eigenvalue weighted by Crippen LogP contribution is -2.10. The van der Waals surface area contributed by atoms with Gasteiger partial charge in [-0.15, -0.1) is 0 Å². The maximum absolute atomic E-state index is 11.0. The maximum atomic E-state index is 11.0. The van der Waals surface area contributed by atoms with E-state index in [0.29, 0.717) is 24.7 Å². The summed E-state index contributed by atoms with van der Waals surface area (Å²) in [5, 5.41) is 24.5. The average Bonchev–Trinajstić information content (AvgIpc) is 2.51. The molecule has 2 rings (SSSR count). The number of nitro groups is 1. The third-order valence-electron chi connectivity index (χ3n) is 2.56. The fourth-order valence-corrected chi connectivity index (χ4v) is 1.56. The minimum Gasteiger partial charge on any atom is -0.358 e. The second-order valence-electron chi connectivity index (χ2n) is 4.18. The van der Waals surface area contributed by atoms with Crippen molar-refractivity contribution in [3.63, 3.8) is 0 Å². The van der Waals surface area contributed by atoms with Crippen molar-refractivity contribution in [2.75, 3.05) is 17.2 Å². The molecule has 0 amide bonds. The zero-order valence-electron chi connectivity index (χ0n) is 11.5. The van der Waals surface area contributed by atoms with Crippen LogP contribution in [0.1, 0.15) is 19.0 Å². The fraction of sp³-hybridized carbons (Fsp3) is 0.333. The summed E-state index contributed by atoms with van der Waals surface area (Å²) in [5.74, 6) is 0.503. The van der Waals surface area contributed by atoms with Crippen molar-refractivity contribution >= 4 is 17.5 Å².